The highest BCUT2D eigenvalue weighted by Gasteiger charge is 2.72. The molecule has 1 aromatic rings. The second-order valence-electron chi connectivity index (χ2n) is 10.7. The van der Waals surface area contributed by atoms with Gasteiger partial charge in [0.15, 0.2) is 11.5 Å². The van der Waals surface area contributed by atoms with E-state index in [1.54, 1.807) is 0 Å². The number of fused-ring (bicyclic) bond motifs is 5. The number of phenolic OH excluding ortho intramolecular Hbond substituents is 1. The zero-order valence-electron chi connectivity index (χ0n) is 17.8. The van der Waals surface area contributed by atoms with E-state index >= 15 is 17.6 Å². The van der Waals surface area contributed by atoms with Crippen molar-refractivity contribution in [2.75, 3.05) is 0 Å². The van der Waals surface area contributed by atoms with Gasteiger partial charge in [0.05, 0.1) is 0 Å². The Labute approximate surface area is 182 Å². The van der Waals surface area contributed by atoms with Crippen LogP contribution in [0, 0.1) is 33.3 Å². The predicted octanol–water partition coefficient (Wildman–Crippen LogP) is 7.71. The van der Waals surface area contributed by atoms with E-state index in [0.717, 1.165) is 38.5 Å². The van der Waals surface area contributed by atoms with Gasteiger partial charge in [0, 0.05) is 5.41 Å². The van der Waals surface area contributed by atoms with Gasteiger partial charge >= 0.3 is 6.11 Å². The molecule has 6 aliphatic carbocycles. The minimum atomic E-state index is -4.30. The van der Waals surface area contributed by atoms with Crippen LogP contribution in [-0.4, -0.2) is 11.2 Å². The van der Waals surface area contributed by atoms with Crippen molar-refractivity contribution in [3.05, 3.63) is 35.4 Å². The zero-order chi connectivity index (χ0) is 23.2. The number of rotatable bonds is 4. The largest absolute Gasteiger partial charge is 0.505 e. The summed E-state index contributed by atoms with van der Waals surface area (Å²) in [5, 5.41) is 9.20. The normalized spacial score (nSPS) is 39.0. The summed E-state index contributed by atoms with van der Waals surface area (Å²) in [6, 6.07) is 1.31. The molecule has 0 unspecified atom stereocenters. The van der Waals surface area contributed by atoms with E-state index in [-0.39, 0.29) is 31.1 Å². The van der Waals surface area contributed by atoms with E-state index in [0.29, 0.717) is 12.1 Å². The van der Waals surface area contributed by atoms with Gasteiger partial charge in [-0.15, -0.1) is 0 Å². The summed E-state index contributed by atoms with van der Waals surface area (Å²) >= 11 is 0. The van der Waals surface area contributed by atoms with Crippen LogP contribution in [0.4, 0.5) is 26.3 Å². The van der Waals surface area contributed by atoms with Crippen LogP contribution in [-0.2, 0) is 0 Å². The maximum atomic E-state index is 15.7. The second kappa shape index (κ2) is 6.60. The molecular weight excluding hydrogens is 434 g/mol. The van der Waals surface area contributed by atoms with Gasteiger partial charge in [-0.1, -0.05) is 6.92 Å². The van der Waals surface area contributed by atoms with E-state index in [1.165, 1.54) is 0 Å². The molecule has 0 heterocycles. The van der Waals surface area contributed by atoms with Crippen LogP contribution in [0.3, 0.4) is 0 Å². The van der Waals surface area contributed by atoms with Crippen LogP contribution in [0.2, 0.25) is 0 Å². The zero-order valence-corrected chi connectivity index (χ0v) is 17.8. The molecule has 0 spiro atoms. The van der Waals surface area contributed by atoms with Crippen molar-refractivity contribution >= 4 is 0 Å². The lowest BCUT2D eigenvalue weighted by molar-refractivity contribution is -0.279. The molecule has 32 heavy (non-hydrogen) atoms. The third-order valence-corrected chi connectivity index (χ3v) is 9.45. The fourth-order valence-corrected chi connectivity index (χ4v) is 7.07. The molecule has 8 heteroatoms. The number of ether oxygens (including phenoxy) is 1. The Kier molecular flexibility index (Phi) is 4.53. The molecular formula is C24H26F6O2. The lowest BCUT2D eigenvalue weighted by Gasteiger charge is -2.64. The first-order chi connectivity index (χ1) is 14.9. The van der Waals surface area contributed by atoms with Gasteiger partial charge in [-0.3, -0.25) is 0 Å². The van der Waals surface area contributed by atoms with Crippen molar-refractivity contribution in [1.29, 1.82) is 0 Å². The molecule has 1 aromatic carbocycles. The van der Waals surface area contributed by atoms with Crippen molar-refractivity contribution in [1.82, 2.24) is 0 Å². The van der Waals surface area contributed by atoms with E-state index in [2.05, 4.69) is 11.7 Å². The number of benzene rings is 1. The average molecular weight is 460 g/mol. The average Bonchev–Trinajstić information content (AvgIpc) is 2.78. The Bertz CT molecular complexity index is 968. The van der Waals surface area contributed by atoms with Gasteiger partial charge in [0.1, 0.15) is 17.1 Å². The molecule has 0 atom stereocenters. The fourth-order valence-electron chi connectivity index (χ4n) is 7.07. The summed E-state index contributed by atoms with van der Waals surface area (Å²) in [5.41, 5.74) is -3.82. The molecule has 0 amide bonds. The Hall–Kier alpha value is -1.86. The second-order valence-corrected chi connectivity index (χ2v) is 10.7. The smallest absolute Gasteiger partial charge is 0.410 e. The minimum absolute atomic E-state index is 0.0777. The lowest BCUT2D eigenvalue weighted by atomic mass is 9.40. The Morgan fingerprint density at radius 2 is 1.34 bits per heavy atom. The molecule has 7 rings (SSSR count). The van der Waals surface area contributed by atoms with Crippen LogP contribution < -0.4 is 4.74 Å². The van der Waals surface area contributed by atoms with E-state index < -0.39 is 57.1 Å². The van der Waals surface area contributed by atoms with Crippen LogP contribution in [0.5, 0.6) is 11.5 Å². The van der Waals surface area contributed by atoms with Crippen LogP contribution in [0.25, 0.3) is 0 Å². The quantitative estimate of drug-likeness (QED) is 0.466. The molecule has 176 valence electrons. The van der Waals surface area contributed by atoms with Crippen molar-refractivity contribution in [3.8, 4) is 11.5 Å². The van der Waals surface area contributed by atoms with Gasteiger partial charge in [-0.2, -0.15) is 17.6 Å². The first kappa shape index (κ1) is 22.0. The van der Waals surface area contributed by atoms with Gasteiger partial charge in [0.25, 0.3) is 0 Å². The van der Waals surface area contributed by atoms with E-state index in [4.69, 9.17) is 0 Å². The summed E-state index contributed by atoms with van der Waals surface area (Å²) in [4.78, 5) is 0. The molecule has 6 aliphatic rings. The SMILES string of the molecule is CC12CCC(C34CCC(C(F)(F)Oc5ccc(O)c(F)c5F)(CC3)C(F)=C4F)(CC1)CC2. The van der Waals surface area contributed by atoms with E-state index in [1.807, 2.05) is 0 Å². The Morgan fingerprint density at radius 1 is 0.781 bits per heavy atom. The van der Waals surface area contributed by atoms with Gasteiger partial charge in [-0.25, -0.2) is 8.78 Å². The molecule has 4 bridgehead atoms. The monoisotopic (exact) mass is 460 g/mol. The topological polar surface area (TPSA) is 29.5 Å². The third-order valence-electron chi connectivity index (χ3n) is 9.45. The molecule has 0 aromatic heterocycles. The van der Waals surface area contributed by atoms with Gasteiger partial charge in [0.2, 0.25) is 11.6 Å². The maximum Gasteiger partial charge on any atom is 0.410 e. The van der Waals surface area contributed by atoms with Crippen LogP contribution >= 0.6 is 0 Å². The number of halogens is 6. The molecule has 4 fully saturated rings. The summed E-state index contributed by atoms with van der Waals surface area (Å²) in [6.45, 7) is 2.22. The number of alkyl halides is 2. The molecule has 4 saturated carbocycles. The summed E-state index contributed by atoms with van der Waals surface area (Å²) in [5.74, 6) is -8.38. The van der Waals surface area contributed by atoms with E-state index in [9.17, 15) is 13.9 Å². The standard InChI is InChI=1S/C24H26F6O2/c1-20-4-7-21(8-5-20,9-6-20)22-10-12-23(13-11-22,19(28)18(22)27)24(29,30)32-15-3-2-14(31)16(25)17(15)26/h2-3,31H,4-13H2,1H3. The highest BCUT2D eigenvalue weighted by atomic mass is 19.3. The highest BCUT2D eigenvalue weighted by molar-refractivity contribution is 5.36. The maximum absolute atomic E-state index is 15.7. The van der Waals surface area contributed by atoms with Crippen LogP contribution in [0.15, 0.2) is 23.8 Å². The highest BCUT2D eigenvalue weighted by Crippen LogP contribution is 2.75. The summed E-state index contributed by atoms with van der Waals surface area (Å²) < 4.78 is 94.0. The van der Waals surface area contributed by atoms with Crippen molar-refractivity contribution < 1.29 is 36.2 Å². The summed E-state index contributed by atoms with van der Waals surface area (Å²) in [6.07, 6.45) is 0.274. The molecule has 0 aliphatic heterocycles. The lowest BCUT2D eigenvalue weighted by Crippen LogP contribution is -2.60. The number of hydrogen-bond donors (Lipinski definition) is 1. The van der Waals surface area contributed by atoms with Crippen molar-refractivity contribution in [2.24, 2.45) is 21.7 Å². The number of hydrogen-bond acceptors (Lipinski definition) is 2. The fraction of sp³-hybridized carbons (Fsp3) is 0.667. The molecule has 2 nitrogen and oxygen atoms in total. The molecule has 1 N–H and O–H groups in total. The van der Waals surface area contributed by atoms with Crippen molar-refractivity contribution in [2.45, 2.75) is 77.2 Å². The van der Waals surface area contributed by atoms with Crippen LogP contribution in [0.1, 0.15) is 71.1 Å². The number of phenols is 1. The molecule has 0 radical (unpaired) electrons. The predicted molar refractivity (Wildman–Crippen MR) is 104 cm³/mol. The first-order valence-electron chi connectivity index (χ1n) is 11.2. The van der Waals surface area contributed by atoms with Gasteiger partial charge < -0.3 is 9.84 Å². The number of aromatic hydroxyl groups is 1. The van der Waals surface area contributed by atoms with Gasteiger partial charge in [-0.05, 0) is 87.2 Å². The first-order valence-corrected chi connectivity index (χ1v) is 11.2. The Morgan fingerprint density at radius 3 is 1.91 bits per heavy atom. The summed E-state index contributed by atoms with van der Waals surface area (Å²) in [7, 11) is 0. The third kappa shape index (κ3) is 2.61. The minimum Gasteiger partial charge on any atom is -0.505 e. The Balaban J connectivity index is 1.51. The number of allylic oxidation sites excluding steroid dienone is 1. The molecule has 0 saturated heterocycles. The van der Waals surface area contributed by atoms with Crippen molar-refractivity contribution in [3.63, 3.8) is 0 Å².